The first-order valence-corrected chi connectivity index (χ1v) is 6.99. The number of rotatable bonds is 7. The van der Waals surface area contributed by atoms with Crippen LogP contribution in [0.15, 0.2) is 24.3 Å². The lowest BCUT2D eigenvalue weighted by molar-refractivity contribution is 0.403. The molecule has 1 nitrogen and oxygen atoms in total. The van der Waals surface area contributed by atoms with E-state index in [9.17, 15) is 0 Å². The molecule has 0 radical (unpaired) electrons. The number of nitrogens with one attached hydrogen (secondary N) is 1. The molecule has 0 saturated carbocycles. The maximum absolute atomic E-state index is 5.94. The van der Waals surface area contributed by atoms with Crippen LogP contribution in [0.1, 0.15) is 44.6 Å². The molecule has 1 aromatic rings. The van der Waals surface area contributed by atoms with E-state index in [1.54, 1.807) is 0 Å². The number of hydrogen-bond acceptors (Lipinski definition) is 1. The molecule has 1 unspecified atom stereocenters. The van der Waals surface area contributed by atoms with Crippen LogP contribution < -0.4 is 5.32 Å². The highest BCUT2D eigenvalue weighted by molar-refractivity contribution is 6.30. The third-order valence-corrected chi connectivity index (χ3v) is 3.82. The van der Waals surface area contributed by atoms with Gasteiger partial charge in [0.25, 0.3) is 0 Å². The smallest absolute Gasteiger partial charge is 0.0406 e. The second kappa shape index (κ2) is 7.73. The van der Waals surface area contributed by atoms with Crippen molar-refractivity contribution >= 4 is 11.6 Å². The molecule has 2 heteroatoms. The fraction of sp³-hybridized carbons (Fsp3) is 0.600. The molecule has 1 rings (SSSR count). The van der Waals surface area contributed by atoms with Crippen LogP contribution in [0.5, 0.6) is 0 Å². The molecule has 0 aromatic heterocycles. The van der Waals surface area contributed by atoms with Gasteiger partial charge >= 0.3 is 0 Å². The van der Waals surface area contributed by atoms with Gasteiger partial charge in [-0.3, -0.25) is 0 Å². The van der Waals surface area contributed by atoms with Crippen LogP contribution in [-0.4, -0.2) is 13.6 Å². The number of likely N-dealkylation sites (N-methyl/N-ethyl adjacent to an activating group) is 1. The summed E-state index contributed by atoms with van der Waals surface area (Å²) < 4.78 is 0. The zero-order valence-corrected chi connectivity index (χ0v) is 11.9. The van der Waals surface area contributed by atoms with E-state index in [0.29, 0.717) is 5.92 Å². The average Bonchev–Trinajstić information content (AvgIpc) is 2.35. The highest BCUT2D eigenvalue weighted by atomic mass is 35.5. The van der Waals surface area contributed by atoms with Crippen molar-refractivity contribution < 1.29 is 0 Å². The molecule has 0 fully saturated rings. The maximum atomic E-state index is 5.94. The summed E-state index contributed by atoms with van der Waals surface area (Å²) in [6, 6.07) is 8.30. The summed E-state index contributed by atoms with van der Waals surface area (Å²) in [4.78, 5) is 0. The second-order valence-corrected chi connectivity index (χ2v) is 5.16. The lowest BCUT2D eigenvalue weighted by Crippen LogP contribution is -2.19. The summed E-state index contributed by atoms with van der Waals surface area (Å²) in [6.45, 7) is 5.61. The Hall–Kier alpha value is -0.530. The van der Waals surface area contributed by atoms with Gasteiger partial charge in [-0.2, -0.15) is 0 Å². The molecule has 0 bridgehead atoms. The zero-order chi connectivity index (χ0) is 12.7. The first-order chi connectivity index (χ1) is 8.21. The van der Waals surface area contributed by atoms with Gasteiger partial charge in [-0.1, -0.05) is 50.4 Å². The highest BCUT2D eigenvalue weighted by Gasteiger charge is 2.15. The molecule has 1 atom stereocenters. The molecule has 1 aromatic carbocycles. The summed E-state index contributed by atoms with van der Waals surface area (Å²) in [5, 5.41) is 4.12. The van der Waals surface area contributed by atoms with Gasteiger partial charge in [0, 0.05) is 11.6 Å². The first-order valence-electron chi connectivity index (χ1n) is 6.61. The van der Waals surface area contributed by atoms with Crippen molar-refractivity contribution in [2.45, 2.75) is 39.0 Å². The van der Waals surface area contributed by atoms with Crippen LogP contribution in [0, 0.1) is 5.92 Å². The first kappa shape index (κ1) is 14.5. The van der Waals surface area contributed by atoms with E-state index in [0.717, 1.165) is 17.5 Å². The minimum Gasteiger partial charge on any atom is -0.319 e. The molecule has 0 saturated heterocycles. The van der Waals surface area contributed by atoms with E-state index in [1.807, 2.05) is 19.2 Å². The topological polar surface area (TPSA) is 12.0 Å². The Balaban J connectivity index is 2.73. The Morgan fingerprint density at radius 3 is 2.18 bits per heavy atom. The van der Waals surface area contributed by atoms with E-state index < -0.39 is 0 Å². The molecule has 96 valence electrons. The molecule has 0 aliphatic carbocycles. The normalized spacial score (nSPS) is 13.0. The molecule has 0 amide bonds. The largest absolute Gasteiger partial charge is 0.319 e. The third-order valence-electron chi connectivity index (χ3n) is 3.56. The van der Waals surface area contributed by atoms with Crippen molar-refractivity contribution in [3.8, 4) is 0 Å². The van der Waals surface area contributed by atoms with E-state index in [-0.39, 0.29) is 0 Å². The predicted molar refractivity (Wildman–Crippen MR) is 76.8 cm³/mol. The Bertz CT molecular complexity index is 303. The summed E-state index contributed by atoms with van der Waals surface area (Å²) >= 11 is 5.94. The van der Waals surface area contributed by atoms with Gasteiger partial charge in [0.2, 0.25) is 0 Å². The molecule has 0 aliphatic rings. The average molecular weight is 254 g/mol. The molecular weight excluding hydrogens is 230 g/mol. The van der Waals surface area contributed by atoms with Gasteiger partial charge in [0.15, 0.2) is 0 Å². The lowest BCUT2D eigenvalue weighted by Gasteiger charge is -2.22. The Morgan fingerprint density at radius 2 is 1.71 bits per heavy atom. The molecular formula is C15H24ClN. The molecule has 17 heavy (non-hydrogen) atoms. The van der Waals surface area contributed by atoms with Crippen LogP contribution in [0.4, 0.5) is 0 Å². The number of halogens is 1. The minimum atomic E-state index is 0.599. The van der Waals surface area contributed by atoms with Gasteiger partial charge in [-0.15, -0.1) is 0 Å². The van der Waals surface area contributed by atoms with Crippen LogP contribution >= 0.6 is 11.6 Å². The standard InChI is InChI=1S/C15H24ClN/c1-4-12(5-2)10-14(11-17-3)13-6-8-15(16)9-7-13/h6-9,12,14,17H,4-5,10-11H2,1-3H3. The van der Waals surface area contributed by atoms with Gasteiger partial charge in [-0.05, 0) is 43.0 Å². The minimum absolute atomic E-state index is 0.599. The summed E-state index contributed by atoms with van der Waals surface area (Å²) in [5.74, 6) is 1.42. The quantitative estimate of drug-likeness (QED) is 0.756. The van der Waals surface area contributed by atoms with Crippen LogP contribution in [0.2, 0.25) is 5.02 Å². The zero-order valence-electron chi connectivity index (χ0n) is 11.2. The van der Waals surface area contributed by atoms with Crippen molar-refractivity contribution in [1.82, 2.24) is 5.32 Å². The molecule has 0 aliphatic heterocycles. The summed E-state index contributed by atoms with van der Waals surface area (Å²) in [7, 11) is 2.02. The van der Waals surface area contributed by atoms with Crippen molar-refractivity contribution in [2.24, 2.45) is 5.92 Å². The van der Waals surface area contributed by atoms with E-state index >= 15 is 0 Å². The molecule has 0 heterocycles. The van der Waals surface area contributed by atoms with Gasteiger partial charge < -0.3 is 5.32 Å². The van der Waals surface area contributed by atoms with Crippen molar-refractivity contribution in [1.29, 1.82) is 0 Å². The Kier molecular flexibility index (Phi) is 6.61. The Labute approximate surface area is 111 Å². The van der Waals surface area contributed by atoms with Crippen LogP contribution in [0.3, 0.4) is 0 Å². The van der Waals surface area contributed by atoms with Gasteiger partial charge in [0.05, 0.1) is 0 Å². The predicted octanol–water partition coefficient (Wildman–Crippen LogP) is 4.47. The van der Waals surface area contributed by atoms with Crippen molar-refractivity contribution in [3.05, 3.63) is 34.9 Å². The van der Waals surface area contributed by atoms with E-state index in [2.05, 4.69) is 31.3 Å². The maximum Gasteiger partial charge on any atom is 0.0406 e. The fourth-order valence-electron chi connectivity index (χ4n) is 2.34. The van der Waals surface area contributed by atoms with Crippen molar-refractivity contribution in [3.63, 3.8) is 0 Å². The second-order valence-electron chi connectivity index (χ2n) is 4.72. The Morgan fingerprint density at radius 1 is 1.12 bits per heavy atom. The molecule has 1 N–H and O–H groups in total. The number of benzene rings is 1. The van der Waals surface area contributed by atoms with E-state index in [1.165, 1.54) is 24.8 Å². The number of hydrogen-bond donors (Lipinski definition) is 1. The lowest BCUT2D eigenvalue weighted by atomic mass is 9.86. The fourth-order valence-corrected chi connectivity index (χ4v) is 2.47. The van der Waals surface area contributed by atoms with Crippen LogP contribution in [0.25, 0.3) is 0 Å². The highest BCUT2D eigenvalue weighted by Crippen LogP contribution is 2.27. The third kappa shape index (κ3) is 4.69. The van der Waals surface area contributed by atoms with Crippen molar-refractivity contribution in [2.75, 3.05) is 13.6 Å². The summed E-state index contributed by atoms with van der Waals surface area (Å²) in [5.41, 5.74) is 1.40. The SMILES string of the molecule is CCC(CC)CC(CNC)c1ccc(Cl)cc1. The summed E-state index contributed by atoms with van der Waals surface area (Å²) in [6.07, 6.45) is 3.80. The van der Waals surface area contributed by atoms with E-state index in [4.69, 9.17) is 11.6 Å². The monoisotopic (exact) mass is 253 g/mol. The van der Waals surface area contributed by atoms with Gasteiger partial charge in [0.1, 0.15) is 0 Å². The van der Waals surface area contributed by atoms with Gasteiger partial charge in [-0.25, -0.2) is 0 Å². The van der Waals surface area contributed by atoms with Crippen LogP contribution in [-0.2, 0) is 0 Å². The molecule has 0 spiro atoms.